The summed E-state index contributed by atoms with van der Waals surface area (Å²) in [7, 11) is 1.36. The molecule has 100 valence electrons. The molecular formula is C14H20FNO2. The number of halogens is 1. The lowest BCUT2D eigenvalue weighted by Crippen LogP contribution is -2.30. The summed E-state index contributed by atoms with van der Waals surface area (Å²) in [5.41, 5.74) is 1.19. The van der Waals surface area contributed by atoms with E-state index in [0.717, 1.165) is 12.8 Å². The summed E-state index contributed by atoms with van der Waals surface area (Å²) in [4.78, 5) is 11.6. The molecule has 1 unspecified atom stereocenters. The third-order valence-corrected chi connectivity index (χ3v) is 2.84. The molecule has 0 saturated carbocycles. The van der Waals surface area contributed by atoms with E-state index in [1.165, 1.54) is 13.2 Å². The second-order valence-corrected chi connectivity index (χ2v) is 4.33. The van der Waals surface area contributed by atoms with Gasteiger partial charge in [-0.1, -0.05) is 25.8 Å². The van der Waals surface area contributed by atoms with Crippen molar-refractivity contribution < 1.29 is 13.9 Å². The molecule has 0 fully saturated rings. The Morgan fingerprint density at radius 1 is 1.50 bits per heavy atom. The van der Waals surface area contributed by atoms with Crippen LogP contribution >= 0.6 is 0 Å². The van der Waals surface area contributed by atoms with E-state index in [-0.39, 0.29) is 11.8 Å². The van der Waals surface area contributed by atoms with Gasteiger partial charge in [0.1, 0.15) is 11.9 Å². The molecule has 4 heteroatoms. The average molecular weight is 253 g/mol. The van der Waals surface area contributed by atoms with E-state index >= 15 is 0 Å². The van der Waals surface area contributed by atoms with Gasteiger partial charge in [-0.2, -0.15) is 0 Å². The predicted octanol–water partition coefficient (Wildman–Crippen LogP) is 3.28. The first-order valence-corrected chi connectivity index (χ1v) is 6.19. The van der Waals surface area contributed by atoms with Crippen LogP contribution in [0.1, 0.15) is 31.7 Å². The summed E-state index contributed by atoms with van der Waals surface area (Å²) in [6.07, 6.45) is 2.59. The summed E-state index contributed by atoms with van der Waals surface area (Å²) < 4.78 is 18.1. The summed E-state index contributed by atoms with van der Waals surface area (Å²) in [5, 5.41) is 3.02. The van der Waals surface area contributed by atoms with Crippen molar-refractivity contribution >= 4 is 11.7 Å². The minimum Gasteiger partial charge on any atom is -0.467 e. The number of carbonyl (C=O) groups excluding carboxylic acids is 1. The van der Waals surface area contributed by atoms with Crippen LogP contribution in [-0.4, -0.2) is 19.1 Å². The Kier molecular flexibility index (Phi) is 5.62. The Morgan fingerprint density at radius 3 is 2.78 bits per heavy atom. The number of rotatable bonds is 6. The van der Waals surface area contributed by atoms with E-state index < -0.39 is 6.04 Å². The molecule has 1 atom stereocenters. The minimum atomic E-state index is -0.419. The summed E-state index contributed by atoms with van der Waals surface area (Å²) >= 11 is 0. The van der Waals surface area contributed by atoms with E-state index in [9.17, 15) is 9.18 Å². The third-order valence-electron chi connectivity index (χ3n) is 2.84. The quantitative estimate of drug-likeness (QED) is 0.791. The van der Waals surface area contributed by atoms with Crippen LogP contribution in [0.25, 0.3) is 0 Å². The zero-order valence-electron chi connectivity index (χ0n) is 11.1. The highest BCUT2D eigenvalue weighted by atomic mass is 19.1. The topological polar surface area (TPSA) is 38.3 Å². The molecule has 1 rings (SSSR count). The maximum Gasteiger partial charge on any atom is 0.328 e. The number of methoxy groups -OCH3 is 1. The zero-order chi connectivity index (χ0) is 13.5. The molecule has 0 amide bonds. The lowest BCUT2D eigenvalue weighted by atomic mass is 10.1. The van der Waals surface area contributed by atoms with Gasteiger partial charge in [0.05, 0.1) is 7.11 Å². The first-order valence-electron chi connectivity index (χ1n) is 6.19. The molecule has 1 aromatic carbocycles. The zero-order valence-corrected chi connectivity index (χ0v) is 11.1. The van der Waals surface area contributed by atoms with Crippen molar-refractivity contribution in [2.75, 3.05) is 12.4 Å². The van der Waals surface area contributed by atoms with Crippen molar-refractivity contribution in [1.82, 2.24) is 0 Å². The van der Waals surface area contributed by atoms with Crippen LogP contribution in [0.5, 0.6) is 0 Å². The van der Waals surface area contributed by atoms with E-state index in [0.29, 0.717) is 17.7 Å². The van der Waals surface area contributed by atoms with Crippen molar-refractivity contribution in [3.05, 3.63) is 29.6 Å². The highest BCUT2D eigenvalue weighted by Gasteiger charge is 2.18. The van der Waals surface area contributed by atoms with Crippen LogP contribution in [0.15, 0.2) is 18.2 Å². The number of nitrogens with one attached hydrogen (secondary N) is 1. The monoisotopic (exact) mass is 253 g/mol. The number of benzene rings is 1. The van der Waals surface area contributed by atoms with Gasteiger partial charge < -0.3 is 10.1 Å². The van der Waals surface area contributed by atoms with Gasteiger partial charge in [-0.15, -0.1) is 0 Å². The minimum absolute atomic E-state index is 0.279. The molecule has 0 radical (unpaired) electrons. The van der Waals surface area contributed by atoms with Crippen LogP contribution in [0.3, 0.4) is 0 Å². The molecule has 0 aliphatic rings. The Bertz CT molecular complexity index is 407. The fourth-order valence-corrected chi connectivity index (χ4v) is 1.68. The third kappa shape index (κ3) is 4.02. The number of carbonyl (C=O) groups is 1. The average Bonchev–Trinajstić information content (AvgIpc) is 2.37. The molecule has 3 nitrogen and oxygen atoms in total. The SMILES string of the molecule is CCCCC(Nc1ccc(C)c(F)c1)C(=O)OC. The molecule has 0 aromatic heterocycles. The van der Waals surface area contributed by atoms with Crippen LogP contribution in [-0.2, 0) is 9.53 Å². The normalized spacial score (nSPS) is 12.0. The maximum absolute atomic E-state index is 13.4. The van der Waals surface area contributed by atoms with E-state index in [1.807, 2.05) is 0 Å². The number of esters is 1. The predicted molar refractivity (Wildman–Crippen MR) is 70.1 cm³/mol. The molecule has 0 aliphatic carbocycles. The number of unbranched alkanes of at least 4 members (excludes halogenated alkanes) is 1. The van der Waals surface area contributed by atoms with E-state index in [4.69, 9.17) is 4.74 Å². The lowest BCUT2D eigenvalue weighted by molar-refractivity contribution is -0.141. The highest BCUT2D eigenvalue weighted by Crippen LogP contribution is 2.16. The van der Waals surface area contributed by atoms with Crippen molar-refractivity contribution in [1.29, 1.82) is 0 Å². The largest absolute Gasteiger partial charge is 0.467 e. The maximum atomic E-state index is 13.4. The summed E-state index contributed by atoms with van der Waals surface area (Å²) in [5.74, 6) is -0.594. The van der Waals surface area contributed by atoms with Crippen molar-refractivity contribution in [2.45, 2.75) is 39.2 Å². The molecule has 0 spiro atoms. The number of hydrogen-bond acceptors (Lipinski definition) is 3. The molecule has 0 heterocycles. The second kappa shape index (κ2) is 6.99. The smallest absolute Gasteiger partial charge is 0.328 e. The Labute approximate surface area is 107 Å². The second-order valence-electron chi connectivity index (χ2n) is 4.33. The van der Waals surface area contributed by atoms with Crippen LogP contribution in [0.2, 0.25) is 0 Å². The molecule has 18 heavy (non-hydrogen) atoms. The Morgan fingerprint density at radius 2 is 2.22 bits per heavy atom. The number of ether oxygens (including phenoxy) is 1. The van der Waals surface area contributed by atoms with Gasteiger partial charge in [-0.05, 0) is 31.0 Å². The number of aryl methyl sites for hydroxylation is 1. The van der Waals surface area contributed by atoms with Gasteiger partial charge in [0.15, 0.2) is 0 Å². The van der Waals surface area contributed by atoms with Gasteiger partial charge in [0, 0.05) is 5.69 Å². The van der Waals surface area contributed by atoms with Crippen molar-refractivity contribution in [3.63, 3.8) is 0 Å². The van der Waals surface area contributed by atoms with Gasteiger partial charge in [0.25, 0.3) is 0 Å². The number of hydrogen-bond donors (Lipinski definition) is 1. The first-order chi connectivity index (χ1) is 8.58. The van der Waals surface area contributed by atoms with Crippen LogP contribution < -0.4 is 5.32 Å². The molecule has 0 saturated heterocycles. The summed E-state index contributed by atoms with van der Waals surface area (Å²) in [6.45, 7) is 3.76. The van der Waals surface area contributed by atoms with Crippen LogP contribution in [0.4, 0.5) is 10.1 Å². The molecule has 0 aliphatic heterocycles. The fourth-order valence-electron chi connectivity index (χ4n) is 1.68. The van der Waals surface area contributed by atoms with Gasteiger partial charge in [-0.3, -0.25) is 0 Å². The molecule has 1 N–H and O–H groups in total. The fraction of sp³-hybridized carbons (Fsp3) is 0.500. The van der Waals surface area contributed by atoms with Gasteiger partial charge >= 0.3 is 5.97 Å². The highest BCUT2D eigenvalue weighted by molar-refractivity contribution is 5.79. The molecule has 1 aromatic rings. The van der Waals surface area contributed by atoms with Crippen LogP contribution in [0, 0.1) is 12.7 Å². The number of anilines is 1. The van der Waals surface area contributed by atoms with Crippen molar-refractivity contribution in [2.24, 2.45) is 0 Å². The van der Waals surface area contributed by atoms with Gasteiger partial charge in [0.2, 0.25) is 0 Å². The molecule has 0 bridgehead atoms. The first kappa shape index (κ1) is 14.5. The Hall–Kier alpha value is -1.58. The Balaban J connectivity index is 2.75. The van der Waals surface area contributed by atoms with Crippen molar-refractivity contribution in [3.8, 4) is 0 Å². The van der Waals surface area contributed by atoms with Gasteiger partial charge in [-0.25, -0.2) is 9.18 Å². The van der Waals surface area contributed by atoms with E-state index in [2.05, 4.69) is 12.2 Å². The lowest BCUT2D eigenvalue weighted by Gasteiger charge is -2.17. The molecular weight excluding hydrogens is 233 g/mol. The summed E-state index contributed by atoms with van der Waals surface area (Å²) in [6, 6.07) is 4.43. The van der Waals surface area contributed by atoms with E-state index in [1.54, 1.807) is 19.1 Å². The standard InChI is InChI=1S/C14H20FNO2/c1-4-5-6-13(14(17)18-3)16-11-8-7-10(2)12(15)9-11/h7-9,13,16H,4-6H2,1-3H3.